The number of hydrogen-bond donors (Lipinski definition) is 27. The van der Waals surface area contributed by atoms with E-state index in [9.17, 15) is 132 Å². The number of carbonyl (C=O) groups excluding carboxylic acids is 4. The summed E-state index contributed by atoms with van der Waals surface area (Å²) in [5.74, 6) is -3.54. The molecule has 7 aliphatic heterocycles. The van der Waals surface area contributed by atoms with Crippen molar-refractivity contribution in [1.29, 1.82) is 0 Å². The van der Waals surface area contributed by atoms with Gasteiger partial charge < -0.3 is 206 Å². The molecule has 0 aromatic carbocycles. The van der Waals surface area contributed by atoms with Gasteiger partial charge in [0.1, 0.15) is 189 Å². The van der Waals surface area contributed by atoms with E-state index in [1.54, 1.807) is 0 Å². The molecule has 586 valence electrons. The molecule has 0 bridgehead atoms. The highest BCUT2D eigenvalue weighted by atomic mass is 16.8. The second-order valence-electron chi connectivity index (χ2n) is 25.2. The van der Waals surface area contributed by atoms with Gasteiger partial charge in [-0.15, -0.1) is 0 Å². The molecule has 7 heterocycles. The largest absolute Gasteiger partial charge is 0.395 e. The number of aliphatic hydroxyl groups is 22. The zero-order valence-electron chi connectivity index (χ0n) is 54.6. The minimum Gasteiger partial charge on any atom is -0.395 e. The van der Waals surface area contributed by atoms with Gasteiger partial charge in [-0.1, -0.05) is 0 Å². The van der Waals surface area contributed by atoms with E-state index in [1.807, 2.05) is 0 Å². The number of amides is 4. The average Bonchev–Trinajstić information content (AvgIpc) is 0.768. The maximum Gasteiger partial charge on any atom is 0.217 e. The van der Waals surface area contributed by atoms with Gasteiger partial charge in [0.15, 0.2) is 44.0 Å². The average molecular weight is 1480 g/mol. The van der Waals surface area contributed by atoms with Crippen molar-refractivity contribution in [2.45, 2.75) is 267 Å². The van der Waals surface area contributed by atoms with Crippen molar-refractivity contribution in [1.82, 2.24) is 21.3 Å². The molecule has 45 heteroatoms. The van der Waals surface area contributed by atoms with Crippen molar-refractivity contribution >= 4 is 23.6 Å². The van der Waals surface area contributed by atoms with E-state index in [4.69, 9.17) is 72.0 Å². The predicted octanol–water partition coefficient (Wildman–Crippen LogP) is -18.3. The molecule has 7 fully saturated rings. The fraction of sp³-hybridized carbons (Fsp3) is 0.929. The van der Waals surface area contributed by atoms with Gasteiger partial charge in [0.25, 0.3) is 0 Å². The third kappa shape index (κ3) is 19.6. The number of nitrogens with one attached hydrogen (secondary N) is 4. The van der Waals surface area contributed by atoms with Gasteiger partial charge in [0.2, 0.25) is 23.6 Å². The van der Waals surface area contributed by atoms with Crippen molar-refractivity contribution in [2.75, 3.05) is 59.5 Å². The molecule has 0 aromatic heterocycles. The summed E-state index contributed by atoms with van der Waals surface area (Å²) in [6, 6.07) is -8.83. The summed E-state index contributed by atoms with van der Waals surface area (Å²) in [6.45, 7) is -5.86. The molecule has 7 saturated heterocycles. The van der Waals surface area contributed by atoms with Crippen molar-refractivity contribution in [2.24, 2.45) is 5.73 Å². The van der Waals surface area contributed by atoms with Gasteiger partial charge in [0, 0.05) is 27.7 Å². The first-order valence-electron chi connectivity index (χ1n) is 32.1. The van der Waals surface area contributed by atoms with Crippen LogP contribution in [0.4, 0.5) is 0 Å². The standard InChI is InChI=1S/C56H97N5O40/c1-14(70)58-27-37(81)32(76)20(7-64)89-50(27)97-46-25(12-69)94-56(49(42(46)86)101-52-29(60-16(3)72)39(83)34(78)22(9-66)91-52)99-47-36(80)26(13-88-55-48(41(85)35(79)23(10-67)92-55)100-51-28(59-15(2)71)38(82)33(77)21(8-65)90-51)95-54(43(47)87)98-45-24(11-68)93-53(30(40(45)84)61-17(4)73)96-44(19(74)6-63)31(75)18(57)5-62/h18-56,62-69,74-87H,5-13,57H2,1-4H3,(H,58,70)(H,59,71)(H,60,72)(H,61,73)/t18-,19+,20+,21+,22+,23+,24+,25+,26+,27+,28+,29+,30+,31+,32+,33+,34+,35+,36+,37+,38+,39+,40+,41-,42-,43-,44+,45+,46+,47-,48-,49-,50-,51-,52-,53-,54-,55-,56+/m0/s1. The molecule has 0 aromatic rings. The van der Waals surface area contributed by atoms with Crippen LogP contribution < -0.4 is 27.0 Å². The number of carbonyl (C=O) groups is 4. The molecule has 7 rings (SSSR count). The topological polar surface area (TPSA) is 717 Å². The second kappa shape index (κ2) is 37.8. The zero-order chi connectivity index (χ0) is 74.9. The van der Waals surface area contributed by atoms with Gasteiger partial charge in [-0.2, -0.15) is 0 Å². The smallest absolute Gasteiger partial charge is 0.217 e. The molecule has 101 heavy (non-hydrogen) atoms. The number of ether oxygens (including phenoxy) is 14. The Morgan fingerprint density at radius 2 is 0.673 bits per heavy atom. The molecular formula is C56H97N5O40. The Balaban J connectivity index is 1.32. The first-order valence-corrected chi connectivity index (χ1v) is 32.1. The molecule has 4 amide bonds. The Labute approximate surface area is 573 Å². The summed E-state index contributed by atoms with van der Waals surface area (Å²) in [5.41, 5.74) is 5.82. The van der Waals surface area contributed by atoms with E-state index in [-0.39, 0.29) is 0 Å². The fourth-order valence-electron chi connectivity index (χ4n) is 12.6. The first kappa shape index (κ1) is 84.7. The minimum absolute atomic E-state index is 0.836. The van der Waals surface area contributed by atoms with Crippen LogP contribution in [0.2, 0.25) is 0 Å². The molecule has 28 N–H and O–H groups in total. The van der Waals surface area contributed by atoms with Crippen LogP contribution in [-0.2, 0) is 85.5 Å². The molecule has 45 nitrogen and oxygen atoms in total. The van der Waals surface area contributed by atoms with Crippen molar-refractivity contribution in [3.05, 3.63) is 0 Å². The van der Waals surface area contributed by atoms with Crippen LogP contribution in [0.15, 0.2) is 0 Å². The van der Waals surface area contributed by atoms with Gasteiger partial charge in [0.05, 0.1) is 65.5 Å². The molecule has 0 aliphatic carbocycles. The number of hydrogen-bond acceptors (Lipinski definition) is 41. The lowest BCUT2D eigenvalue weighted by Gasteiger charge is -2.51. The van der Waals surface area contributed by atoms with E-state index in [2.05, 4.69) is 21.3 Å². The maximum absolute atomic E-state index is 12.8. The normalized spacial score (nSPS) is 45.0. The second-order valence-corrected chi connectivity index (χ2v) is 25.2. The maximum atomic E-state index is 12.8. The third-order valence-electron chi connectivity index (χ3n) is 18.0. The molecule has 7 aliphatic rings. The first-order chi connectivity index (χ1) is 47.7. The Morgan fingerprint density at radius 1 is 0.347 bits per heavy atom. The van der Waals surface area contributed by atoms with E-state index in [0.717, 1.165) is 27.7 Å². The van der Waals surface area contributed by atoms with Gasteiger partial charge >= 0.3 is 0 Å². The fourth-order valence-corrected chi connectivity index (χ4v) is 12.6. The lowest BCUT2D eigenvalue weighted by Crippen LogP contribution is -2.71. The van der Waals surface area contributed by atoms with Crippen LogP contribution in [-0.4, -0.2) is 434 Å². The van der Waals surface area contributed by atoms with Crippen molar-refractivity contribution in [3.8, 4) is 0 Å². The summed E-state index contributed by atoms with van der Waals surface area (Å²) < 4.78 is 83.9. The lowest BCUT2D eigenvalue weighted by atomic mass is 9.94. The lowest BCUT2D eigenvalue weighted by molar-refractivity contribution is -0.402. The summed E-state index contributed by atoms with van der Waals surface area (Å²) in [6.07, 6.45) is -71.0. The van der Waals surface area contributed by atoms with Crippen LogP contribution in [0.25, 0.3) is 0 Å². The Hall–Kier alpha value is -3.60. The summed E-state index contributed by atoms with van der Waals surface area (Å²) in [5, 5.41) is 252. The van der Waals surface area contributed by atoms with E-state index in [0.29, 0.717) is 0 Å². The third-order valence-corrected chi connectivity index (χ3v) is 18.0. The van der Waals surface area contributed by atoms with Crippen LogP contribution >= 0.6 is 0 Å². The van der Waals surface area contributed by atoms with Gasteiger partial charge in [-0.05, 0) is 0 Å². The number of aliphatic hydroxyl groups excluding tert-OH is 22. The van der Waals surface area contributed by atoms with Gasteiger partial charge in [-0.25, -0.2) is 0 Å². The molecule has 0 spiro atoms. The number of rotatable bonds is 30. The highest BCUT2D eigenvalue weighted by molar-refractivity contribution is 5.74. The summed E-state index contributed by atoms with van der Waals surface area (Å²) in [4.78, 5) is 50.4. The summed E-state index contributed by atoms with van der Waals surface area (Å²) in [7, 11) is 0. The monoisotopic (exact) mass is 1480 g/mol. The molecule has 0 radical (unpaired) electrons. The molecule has 39 atom stereocenters. The van der Waals surface area contributed by atoms with Crippen molar-refractivity contribution < 1.29 is 198 Å². The molecule has 0 saturated carbocycles. The molecule has 0 unspecified atom stereocenters. The predicted molar refractivity (Wildman–Crippen MR) is 315 cm³/mol. The summed E-state index contributed by atoms with van der Waals surface area (Å²) >= 11 is 0. The van der Waals surface area contributed by atoms with E-state index < -0.39 is 322 Å². The Bertz CT molecular complexity index is 2590. The Morgan fingerprint density at radius 3 is 1.07 bits per heavy atom. The van der Waals surface area contributed by atoms with Crippen LogP contribution in [0, 0.1) is 0 Å². The highest BCUT2D eigenvalue weighted by Gasteiger charge is 2.60. The Kier molecular flexibility index (Phi) is 31.7. The van der Waals surface area contributed by atoms with Crippen molar-refractivity contribution in [3.63, 3.8) is 0 Å². The van der Waals surface area contributed by atoms with Crippen LogP contribution in [0.1, 0.15) is 27.7 Å². The van der Waals surface area contributed by atoms with Crippen LogP contribution in [0.5, 0.6) is 0 Å². The van der Waals surface area contributed by atoms with Crippen LogP contribution in [0.3, 0.4) is 0 Å². The highest BCUT2D eigenvalue weighted by Crippen LogP contribution is 2.39. The van der Waals surface area contributed by atoms with E-state index >= 15 is 0 Å². The van der Waals surface area contributed by atoms with Gasteiger partial charge in [-0.3, -0.25) is 19.2 Å². The molecular weight excluding hydrogens is 1380 g/mol. The SMILES string of the molecule is CC(=O)N[C@H]1[C@H](O[C@@H]([C@H](O)[C@@H](N)CO)[C@H](O)CO)O[C@H](CO)[C@@H](O[C@@H]2O[C@H](CO[C@H]3O[C@H](CO)[C@@H](O)[C@H](O)[C@@H]3O[C@@H]3O[C@H](CO)[C@@H](O)[C@H](O)[C@H]3NC(C)=O)[C@@H](O)[C@H](O[C@H]3O[C@H](CO)[C@@H](O[C@@H]4O[C@H](CO)[C@@H](O)[C@H](O)[C@H]4NC(C)=O)[C@H](O)[C@@H]3O[C@@H]3O[C@H](CO)[C@@H](O)[C@H](O)[C@H]3NC(C)=O)[C@@H]2O)[C@@H]1O. The number of nitrogens with two attached hydrogens (primary N) is 1. The van der Waals surface area contributed by atoms with E-state index in [1.165, 1.54) is 0 Å². The zero-order valence-corrected chi connectivity index (χ0v) is 54.6. The minimum atomic E-state index is -2.57. The quantitative estimate of drug-likeness (QED) is 0.0318.